The topological polar surface area (TPSA) is 75.7 Å². The maximum atomic E-state index is 12.7. The normalized spacial score (nSPS) is 16.7. The third kappa shape index (κ3) is 3.42. The molecule has 1 saturated heterocycles. The van der Waals surface area contributed by atoms with E-state index >= 15 is 0 Å². The lowest BCUT2D eigenvalue weighted by Gasteiger charge is -2.26. The molecule has 1 N–H and O–H groups in total. The summed E-state index contributed by atoms with van der Waals surface area (Å²) in [6.45, 7) is 2.81. The molecule has 116 valence electrons. The number of rotatable bonds is 4. The fraction of sp³-hybridized carbons (Fsp3) is 0.500. The molecule has 1 amide bonds. The van der Waals surface area contributed by atoms with E-state index < -0.39 is 15.9 Å². The summed E-state index contributed by atoms with van der Waals surface area (Å²) < 4.78 is 26.9. The van der Waals surface area contributed by atoms with Crippen molar-refractivity contribution < 1.29 is 18.0 Å². The summed E-state index contributed by atoms with van der Waals surface area (Å²) in [5.41, 5.74) is 3.09. The van der Waals surface area contributed by atoms with Gasteiger partial charge in [-0.25, -0.2) is 13.9 Å². The van der Waals surface area contributed by atoms with Gasteiger partial charge in [-0.05, 0) is 37.5 Å². The van der Waals surface area contributed by atoms with Gasteiger partial charge in [0.15, 0.2) is 0 Å². The SMILES string of the molecule is CONC(=O)c1ccc(C)c(S(=O)(=O)N2CCCCC2)c1. The standard InChI is InChI=1S/C14H20N2O4S/c1-11-6-7-12(14(17)15-20-2)10-13(11)21(18,19)16-8-4-3-5-9-16/h6-7,10H,3-5,8-9H2,1-2H3,(H,15,17). The van der Waals surface area contributed by atoms with Crippen LogP contribution in [-0.4, -0.2) is 38.8 Å². The highest BCUT2D eigenvalue weighted by Crippen LogP contribution is 2.24. The quantitative estimate of drug-likeness (QED) is 0.854. The van der Waals surface area contributed by atoms with Gasteiger partial charge in [0.2, 0.25) is 10.0 Å². The van der Waals surface area contributed by atoms with Crippen molar-refractivity contribution in [1.82, 2.24) is 9.79 Å². The number of hydrogen-bond acceptors (Lipinski definition) is 4. The average molecular weight is 312 g/mol. The van der Waals surface area contributed by atoms with Crippen LogP contribution < -0.4 is 5.48 Å². The molecule has 1 aliphatic rings. The lowest BCUT2D eigenvalue weighted by molar-refractivity contribution is 0.0537. The van der Waals surface area contributed by atoms with Gasteiger partial charge in [0.05, 0.1) is 12.0 Å². The monoisotopic (exact) mass is 312 g/mol. The van der Waals surface area contributed by atoms with Crippen LogP contribution in [0.5, 0.6) is 0 Å². The highest BCUT2D eigenvalue weighted by Gasteiger charge is 2.28. The highest BCUT2D eigenvalue weighted by molar-refractivity contribution is 7.89. The number of sulfonamides is 1. The van der Waals surface area contributed by atoms with Crippen LogP contribution in [0.1, 0.15) is 35.2 Å². The first-order valence-electron chi connectivity index (χ1n) is 6.91. The van der Waals surface area contributed by atoms with E-state index in [0.717, 1.165) is 19.3 Å². The van der Waals surface area contributed by atoms with Gasteiger partial charge in [0, 0.05) is 18.7 Å². The number of nitrogens with one attached hydrogen (secondary N) is 1. The van der Waals surface area contributed by atoms with Crippen LogP contribution in [-0.2, 0) is 14.9 Å². The minimum absolute atomic E-state index is 0.188. The van der Waals surface area contributed by atoms with Crippen molar-refractivity contribution in [1.29, 1.82) is 0 Å². The van der Waals surface area contributed by atoms with Crippen molar-refractivity contribution in [2.75, 3.05) is 20.2 Å². The smallest absolute Gasteiger partial charge is 0.274 e. The number of carbonyl (C=O) groups excluding carboxylic acids is 1. The van der Waals surface area contributed by atoms with Gasteiger partial charge in [-0.1, -0.05) is 12.5 Å². The number of hydroxylamine groups is 1. The highest BCUT2D eigenvalue weighted by atomic mass is 32.2. The fourth-order valence-electron chi connectivity index (χ4n) is 2.42. The molecular formula is C14H20N2O4S. The van der Waals surface area contributed by atoms with E-state index in [4.69, 9.17) is 0 Å². The Kier molecular flexibility index (Phi) is 4.97. The molecule has 1 aromatic carbocycles. The van der Waals surface area contributed by atoms with E-state index in [0.29, 0.717) is 18.7 Å². The van der Waals surface area contributed by atoms with Crippen LogP contribution in [0.3, 0.4) is 0 Å². The van der Waals surface area contributed by atoms with Gasteiger partial charge < -0.3 is 0 Å². The lowest BCUT2D eigenvalue weighted by atomic mass is 10.1. The summed E-state index contributed by atoms with van der Waals surface area (Å²) in [4.78, 5) is 16.5. The molecule has 0 bridgehead atoms. The predicted molar refractivity (Wildman–Crippen MR) is 78.3 cm³/mol. The second-order valence-corrected chi connectivity index (χ2v) is 6.99. The molecule has 21 heavy (non-hydrogen) atoms. The first-order valence-corrected chi connectivity index (χ1v) is 8.35. The lowest BCUT2D eigenvalue weighted by Crippen LogP contribution is -2.36. The number of nitrogens with zero attached hydrogens (tertiary/aromatic N) is 1. The Morgan fingerprint density at radius 2 is 1.90 bits per heavy atom. The van der Waals surface area contributed by atoms with E-state index in [1.807, 2.05) is 0 Å². The molecule has 1 fully saturated rings. The Labute approximate surface area is 125 Å². The van der Waals surface area contributed by atoms with E-state index in [2.05, 4.69) is 10.3 Å². The summed E-state index contributed by atoms with van der Waals surface area (Å²) >= 11 is 0. The summed E-state index contributed by atoms with van der Waals surface area (Å²) in [6, 6.07) is 4.63. The van der Waals surface area contributed by atoms with E-state index in [1.165, 1.54) is 17.5 Å². The van der Waals surface area contributed by atoms with Crippen LogP contribution >= 0.6 is 0 Å². The summed E-state index contributed by atoms with van der Waals surface area (Å²) in [5, 5.41) is 0. The molecule has 1 aromatic rings. The van der Waals surface area contributed by atoms with Gasteiger partial charge in [-0.3, -0.25) is 9.63 Å². The molecule has 2 rings (SSSR count). The van der Waals surface area contributed by atoms with Crippen molar-refractivity contribution in [3.63, 3.8) is 0 Å². The third-order valence-corrected chi connectivity index (χ3v) is 5.62. The minimum Gasteiger partial charge on any atom is -0.277 e. The van der Waals surface area contributed by atoms with Gasteiger partial charge in [0.1, 0.15) is 0 Å². The molecule has 1 aliphatic heterocycles. The number of hydrogen-bond donors (Lipinski definition) is 1. The molecule has 0 saturated carbocycles. The molecule has 0 aromatic heterocycles. The van der Waals surface area contributed by atoms with Crippen LogP contribution in [0, 0.1) is 6.92 Å². The number of benzene rings is 1. The average Bonchev–Trinajstić information content (AvgIpc) is 2.48. The van der Waals surface area contributed by atoms with Crippen molar-refractivity contribution in [3.05, 3.63) is 29.3 Å². The number of piperidine rings is 1. The molecule has 0 atom stereocenters. The largest absolute Gasteiger partial charge is 0.277 e. The van der Waals surface area contributed by atoms with Crippen molar-refractivity contribution in [2.45, 2.75) is 31.1 Å². The molecule has 0 unspecified atom stereocenters. The van der Waals surface area contributed by atoms with Crippen LogP contribution in [0.2, 0.25) is 0 Å². The zero-order valence-electron chi connectivity index (χ0n) is 12.3. The number of amides is 1. The van der Waals surface area contributed by atoms with Gasteiger partial charge >= 0.3 is 0 Å². The van der Waals surface area contributed by atoms with E-state index in [1.54, 1.807) is 19.1 Å². The second-order valence-electron chi connectivity index (χ2n) is 5.08. The molecule has 0 radical (unpaired) electrons. The Bertz CT molecular complexity index is 622. The van der Waals surface area contributed by atoms with Gasteiger partial charge in [-0.15, -0.1) is 0 Å². The predicted octanol–water partition coefficient (Wildman–Crippen LogP) is 1.46. The summed E-state index contributed by atoms with van der Waals surface area (Å²) in [6.07, 6.45) is 2.81. The Morgan fingerprint density at radius 3 is 2.52 bits per heavy atom. The summed E-state index contributed by atoms with van der Waals surface area (Å²) in [5.74, 6) is -0.465. The van der Waals surface area contributed by atoms with Crippen LogP contribution in [0.4, 0.5) is 0 Å². The Morgan fingerprint density at radius 1 is 1.24 bits per heavy atom. The first-order chi connectivity index (χ1) is 9.96. The Hall–Kier alpha value is -1.44. The number of carbonyl (C=O) groups is 1. The molecule has 0 spiro atoms. The zero-order chi connectivity index (χ0) is 15.5. The van der Waals surface area contributed by atoms with E-state index in [-0.39, 0.29) is 10.5 Å². The fourth-order valence-corrected chi connectivity index (χ4v) is 4.18. The van der Waals surface area contributed by atoms with E-state index in [9.17, 15) is 13.2 Å². The maximum Gasteiger partial charge on any atom is 0.274 e. The molecule has 6 nitrogen and oxygen atoms in total. The molecular weight excluding hydrogens is 292 g/mol. The van der Waals surface area contributed by atoms with Crippen molar-refractivity contribution in [2.24, 2.45) is 0 Å². The minimum atomic E-state index is -3.55. The van der Waals surface area contributed by atoms with Crippen LogP contribution in [0.15, 0.2) is 23.1 Å². The number of aryl methyl sites for hydroxylation is 1. The first kappa shape index (κ1) is 15.9. The van der Waals surface area contributed by atoms with Gasteiger partial charge in [-0.2, -0.15) is 4.31 Å². The molecule has 1 heterocycles. The summed E-state index contributed by atoms with van der Waals surface area (Å²) in [7, 11) is -2.22. The second kappa shape index (κ2) is 6.55. The Balaban J connectivity index is 2.37. The third-order valence-electron chi connectivity index (χ3n) is 3.58. The zero-order valence-corrected chi connectivity index (χ0v) is 13.1. The molecule has 0 aliphatic carbocycles. The maximum absolute atomic E-state index is 12.7. The van der Waals surface area contributed by atoms with Gasteiger partial charge in [0.25, 0.3) is 5.91 Å². The van der Waals surface area contributed by atoms with Crippen molar-refractivity contribution >= 4 is 15.9 Å². The molecule has 7 heteroatoms. The van der Waals surface area contributed by atoms with Crippen LogP contribution in [0.25, 0.3) is 0 Å². The van der Waals surface area contributed by atoms with Crippen molar-refractivity contribution in [3.8, 4) is 0 Å².